The number of nitrogens with two attached hydrogens (primary N) is 1. The van der Waals surface area contributed by atoms with Crippen molar-refractivity contribution in [3.8, 4) is 5.75 Å². The molecule has 0 saturated heterocycles. The van der Waals surface area contributed by atoms with E-state index in [-0.39, 0.29) is 5.91 Å². The van der Waals surface area contributed by atoms with E-state index in [1.807, 2.05) is 12.1 Å². The Bertz CT molecular complexity index is 401. The molecule has 3 N–H and O–H groups in total. The first kappa shape index (κ1) is 13.0. The van der Waals surface area contributed by atoms with Crippen molar-refractivity contribution in [2.75, 3.05) is 7.11 Å². The van der Waals surface area contributed by atoms with Crippen molar-refractivity contribution in [2.24, 2.45) is 5.73 Å². The molecule has 0 aliphatic carbocycles. The van der Waals surface area contributed by atoms with Crippen molar-refractivity contribution >= 4 is 11.8 Å². The van der Waals surface area contributed by atoms with Gasteiger partial charge in [-0.1, -0.05) is 12.1 Å². The number of carbonyl (C=O) groups is 2. The number of rotatable bonds is 5. The lowest BCUT2D eigenvalue weighted by molar-refractivity contribution is -0.126. The molecule has 0 spiro atoms. The summed E-state index contributed by atoms with van der Waals surface area (Å²) in [6.45, 7) is 1.35. The van der Waals surface area contributed by atoms with Crippen LogP contribution in [-0.4, -0.2) is 25.0 Å². The zero-order chi connectivity index (χ0) is 12.8. The highest BCUT2D eigenvalue weighted by molar-refractivity contribution is 5.85. The maximum absolute atomic E-state index is 11.1. The Kier molecular flexibility index (Phi) is 4.51. The second-order valence-corrected chi connectivity index (χ2v) is 3.71. The average molecular weight is 236 g/mol. The second-order valence-electron chi connectivity index (χ2n) is 3.71. The number of carbonyl (C=O) groups excluding carboxylic acids is 2. The molecule has 0 aliphatic heterocycles. The largest absolute Gasteiger partial charge is 0.497 e. The predicted octanol–water partition coefficient (Wildman–Crippen LogP) is 0.228. The van der Waals surface area contributed by atoms with Crippen LogP contribution in [0.25, 0.3) is 0 Å². The first-order chi connectivity index (χ1) is 8.02. The van der Waals surface area contributed by atoms with Gasteiger partial charge in [-0.05, 0) is 17.7 Å². The summed E-state index contributed by atoms with van der Waals surface area (Å²) in [6.07, 6.45) is 0.374. The van der Waals surface area contributed by atoms with Gasteiger partial charge in [0.15, 0.2) is 0 Å². The monoisotopic (exact) mass is 236 g/mol. The van der Waals surface area contributed by atoms with E-state index in [2.05, 4.69) is 5.32 Å². The molecule has 0 saturated carbocycles. The minimum atomic E-state index is -0.680. The summed E-state index contributed by atoms with van der Waals surface area (Å²) >= 11 is 0. The van der Waals surface area contributed by atoms with Crippen LogP contribution in [0.4, 0.5) is 0 Å². The number of amides is 2. The molecule has 1 aromatic rings. The number of methoxy groups -OCH3 is 1. The fourth-order valence-corrected chi connectivity index (χ4v) is 1.47. The van der Waals surface area contributed by atoms with Crippen LogP contribution in [0.5, 0.6) is 5.75 Å². The topological polar surface area (TPSA) is 81.4 Å². The van der Waals surface area contributed by atoms with E-state index in [1.165, 1.54) is 6.92 Å². The van der Waals surface area contributed by atoms with Crippen molar-refractivity contribution in [3.05, 3.63) is 29.8 Å². The molecule has 0 bridgehead atoms. The van der Waals surface area contributed by atoms with Crippen molar-refractivity contribution in [2.45, 2.75) is 19.4 Å². The van der Waals surface area contributed by atoms with E-state index in [1.54, 1.807) is 19.2 Å². The molecule has 0 unspecified atom stereocenters. The van der Waals surface area contributed by atoms with Crippen LogP contribution >= 0.6 is 0 Å². The molecule has 5 nitrogen and oxygen atoms in total. The summed E-state index contributed by atoms with van der Waals surface area (Å²) < 4.78 is 5.02. The SMILES string of the molecule is COc1ccc(C[C@H](NC(C)=O)C(N)=O)cc1. The lowest BCUT2D eigenvalue weighted by atomic mass is 10.1. The van der Waals surface area contributed by atoms with Crippen molar-refractivity contribution in [3.63, 3.8) is 0 Å². The average Bonchev–Trinajstić information content (AvgIpc) is 2.28. The van der Waals surface area contributed by atoms with E-state index >= 15 is 0 Å². The number of nitrogens with one attached hydrogen (secondary N) is 1. The Morgan fingerprint density at radius 2 is 1.94 bits per heavy atom. The highest BCUT2D eigenvalue weighted by Crippen LogP contribution is 2.12. The third-order valence-corrected chi connectivity index (χ3v) is 2.32. The summed E-state index contributed by atoms with van der Waals surface area (Å²) in [5.41, 5.74) is 6.12. The molecule has 0 fully saturated rings. The number of ether oxygens (including phenoxy) is 1. The quantitative estimate of drug-likeness (QED) is 0.767. The first-order valence-electron chi connectivity index (χ1n) is 5.22. The van der Waals surface area contributed by atoms with E-state index in [0.29, 0.717) is 6.42 Å². The van der Waals surface area contributed by atoms with Crippen LogP contribution in [0.2, 0.25) is 0 Å². The zero-order valence-electron chi connectivity index (χ0n) is 9.90. The highest BCUT2D eigenvalue weighted by atomic mass is 16.5. The van der Waals surface area contributed by atoms with Crippen LogP contribution in [-0.2, 0) is 16.0 Å². The second kappa shape index (κ2) is 5.89. The minimum Gasteiger partial charge on any atom is -0.497 e. The van der Waals surface area contributed by atoms with Crippen LogP contribution in [0, 0.1) is 0 Å². The van der Waals surface area contributed by atoms with Gasteiger partial charge in [0.05, 0.1) is 7.11 Å². The van der Waals surface area contributed by atoms with Gasteiger partial charge < -0.3 is 15.8 Å². The molecule has 92 valence electrons. The third-order valence-electron chi connectivity index (χ3n) is 2.32. The third kappa shape index (κ3) is 4.14. The van der Waals surface area contributed by atoms with Crippen LogP contribution in [0.15, 0.2) is 24.3 Å². The summed E-state index contributed by atoms with van der Waals surface area (Å²) in [7, 11) is 1.58. The van der Waals surface area contributed by atoms with E-state index in [0.717, 1.165) is 11.3 Å². The molecule has 0 aliphatic rings. The summed E-state index contributed by atoms with van der Waals surface area (Å²) in [4.78, 5) is 22.1. The van der Waals surface area contributed by atoms with Gasteiger partial charge in [0.25, 0.3) is 0 Å². The summed E-state index contributed by atoms with van der Waals surface area (Å²) in [5.74, 6) is -0.0813. The maximum Gasteiger partial charge on any atom is 0.240 e. The smallest absolute Gasteiger partial charge is 0.240 e. The molecular weight excluding hydrogens is 220 g/mol. The molecule has 5 heteroatoms. The number of hydrogen-bond acceptors (Lipinski definition) is 3. The number of hydrogen-bond donors (Lipinski definition) is 2. The van der Waals surface area contributed by atoms with Gasteiger partial charge in [-0.2, -0.15) is 0 Å². The van der Waals surface area contributed by atoms with Gasteiger partial charge in [0, 0.05) is 13.3 Å². The molecule has 1 aromatic carbocycles. The summed E-state index contributed by atoms with van der Waals surface area (Å²) in [5, 5.41) is 2.51. The van der Waals surface area contributed by atoms with Crippen LogP contribution in [0.3, 0.4) is 0 Å². The molecule has 1 atom stereocenters. The Balaban J connectivity index is 2.71. The van der Waals surface area contributed by atoms with Crippen LogP contribution < -0.4 is 15.8 Å². The molecule has 0 aromatic heterocycles. The number of benzene rings is 1. The van der Waals surface area contributed by atoms with E-state index in [9.17, 15) is 9.59 Å². The minimum absolute atomic E-state index is 0.276. The molecule has 0 radical (unpaired) electrons. The van der Waals surface area contributed by atoms with Crippen molar-refractivity contribution < 1.29 is 14.3 Å². The molecular formula is C12H16N2O3. The first-order valence-corrected chi connectivity index (χ1v) is 5.22. The Labute approximate surface area is 99.9 Å². The highest BCUT2D eigenvalue weighted by Gasteiger charge is 2.16. The lowest BCUT2D eigenvalue weighted by Gasteiger charge is -2.14. The number of primary amides is 1. The van der Waals surface area contributed by atoms with Crippen molar-refractivity contribution in [1.82, 2.24) is 5.32 Å². The van der Waals surface area contributed by atoms with Crippen LogP contribution in [0.1, 0.15) is 12.5 Å². The molecule has 17 heavy (non-hydrogen) atoms. The predicted molar refractivity (Wildman–Crippen MR) is 63.5 cm³/mol. The fourth-order valence-electron chi connectivity index (χ4n) is 1.47. The maximum atomic E-state index is 11.1. The Morgan fingerprint density at radius 3 is 2.35 bits per heavy atom. The van der Waals surface area contributed by atoms with Gasteiger partial charge in [-0.25, -0.2) is 0 Å². The van der Waals surface area contributed by atoms with Crippen molar-refractivity contribution in [1.29, 1.82) is 0 Å². The van der Waals surface area contributed by atoms with Gasteiger partial charge in [0.2, 0.25) is 11.8 Å². The Morgan fingerprint density at radius 1 is 1.35 bits per heavy atom. The zero-order valence-corrected chi connectivity index (χ0v) is 9.90. The molecule has 0 heterocycles. The molecule has 1 rings (SSSR count). The van der Waals surface area contributed by atoms with Gasteiger partial charge in [0.1, 0.15) is 11.8 Å². The van der Waals surface area contributed by atoms with Gasteiger partial charge in [-0.3, -0.25) is 9.59 Å². The van der Waals surface area contributed by atoms with Gasteiger partial charge in [-0.15, -0.1) is 0 Å². The van der Waals surface area contributed by atoms with E-state index < -0.39 is 11.9 Å². The molecule has 2 amide bonds. The fraction of sp³-hybridized carbons (Fsp3) is 0.333. The van der Waals surface area contributed by atoms with Gasteiger partial charge >= 0.3 is 0 Å². The normalized spacial score (nSPS) is 11.6. The van der Waals surface area contributed by atoms with E-state index in [4.69, 9.17) is 10.5 Å². The summed E-state index contributed by atoms with van der Waals surface area (Å²) in [6, 6.07) is 6.57. The Hall–Kier alpha value is -2.04. The lowest BCUT2D eigenvalue weighted by Crippen LogP contribution is -2.44. The standard InChI is InChI=1S/C12H16N2O3/c1-8(15)14-11(12(13)16)7-9-3-5-10(17-2)6-4-9/h3-6,11H,7H2,1-2H3,(H2,13,16)(H,14,15)/t11-/m0/s1.